The first kappa shape index (κ1) is 18.0. The van der Waals surface area contributed by atoms with Crippen molar-refractivity contribution in [2.45, 2.75) is 23.8 Å². The average molecular weight is 378 g/mol. The monoisotopic (exact) mass is 377 g/mol. The highest BCUT2D eigenvalue weighted by Gasteiger charge is 2.23. The van der Waals surface area contributed by atoms with Crippen LogP contribution in [0.1, 0.15) is 23.6 Å². The summed E-state index contributed by atoms with van der Waals surface area (Å²) in [5.41, 5.74) is 1.93. The smallest absolute Gasteiger partial charge is 0.225 e. The maximum Gasteiger partial charge on any atom is 0.225 e. The van der Waals surface area contributed by atoms with Crippen LogP contribution in [0.5, 0.6) is 11.5 Å². The molecular weight excluding hydrogens is 358 g/mol. The van der Waals surface area contributed by atoms with E-state index in [4.69, 9.17) is 21.1 Å². The van der Waals surface area contributed by atoms with Crippen LogP contribution in [0.2, 0.25) is 5.02 Å². The van der Waals surface area contributed by atoms with E-state index in [9.17, 15) is 4.79 Å². The van der Waals surface area contributed by atoms with Crippen molar-refractivity contribution in [2.24, 2.45) is 0 Å². The van der Waals surface area contributed by atoms with Crippen LogP contribution in [0.3, 0.4) is 0 Å². The predicted molar refractivity (Wildman–Crippen MR) is 101 cm³/mol. The van der Waals surface area contributed by atoms with Gasteiger partial charge in [-0.1, -0.05) is 17.7 Å². The lowest BCUT2D eigenvalue weighted by molar-refractivity contribution is -0.121. The maximum atomic E-state index is 12.6. The minimum atomic E-state index is -0.0358. The lowest BCUT2D eigenvalue weighted by atomic mass is 10.0. The van der Waals surface area contributed by atoms with Crippen LogP contribution in [0.4, 0.5) is 0 Å². The zero-order valence-corrected chi connectivity index (χ0v) is 15.7. The van der Waals surface area contributed by atoms with Gasteiger partial charge in [0.15, 0.2) is 0 Å². The van der Waals surface area contributed by atoms with E-state index in [1.807, 2.05) is 30.3 Å². The fourth-order valence-electron chi connectivity index (χ4n) is 2.93. The SMILES string of the molecule is COc1ccc(CC(=O)N[C@H]2CCSc3ccc(Cl)cc32)c(OC)c1. The Morgan fingerprint density at radius 3 is 2.84 bits per heavy atom. The molecule has 1 amide bonds. The Labute approximate surface area is 156 Å². The Morgan fingerprint density at radius 2 is 2.08 bits per heavy atom. The second-order valence-electron chi connectivity index (χ2n) is 5.79. The highest BCUT2D eigenvalue weighted by Crippen LogP contribution is 2.37. The van der Waals surface area contributed by atoms with Gasteiger partial charge in [0.2, 0.25) is 5.91 Å². The standard InChI is InChI=1S/C19H20ClNO3S/c1-23-14-5-3-12(17(11-14)24-2)9-19(22)21-16-7-8-25-18-6-4-13(20)10-15(16)18/h3-6,10-11,16H,7-9H2,1-2H3,(H,21,22)/t16-/m0/s1. The molecule has 132 valence electrons. The highest BCUT2D eigenvalue weighted by atomic mass is 35.5. The highest BCUT2D eigenvalue weighted by molar-refractivity contribution is 7.99. The van der Waals surface area contributed by atoms with E-state index < -0.39 is 0 Å². The lowest BCUT2D eigenvalue weighted by Crippen LogP contribution is -2.31. The third kappa shape index (κ3) is 4.22. The summed E-state index contributed by atoms with van der Waals surface area (Å²) in [7, 11) is 3.19. The van der Waals surface area contributed by atoms with Crippen molar-refractivity contribution in [3.05, 3.63) is 52.5 Å². The molecule has 0 fully saturated rings. The molecule has 0 aliphatic carbocycles. The molecule has 0 radical (unpaired) electrons. The molecule has 0 bridgehead atoms. The number of fused-ring (bicyclic) bond motifs is 1. The number of methoxy groups -OCH3 is 2. The molecule has 0 aromatic heterocycles. The minimum absolute atomic E-state index is 0.00769. The summed E-state index contributed by atoms with van der Waals surface area (Å²) in [6, 6.07) is 11.3. The van der Waals surface area contributed by atoms with Crippen LogP contribution >= 0.6 is 23.4 Å². The number of benzene rings is 2. The van der Waals surface area contributed by atoms with Crippen LogP contribution in [0.25, 0.3) is 0 Å². The van der Waals surface area contributed by atoms with Crippen LogP contribution < -0.4 is 14.8 Å². The second kappa shape index (κ2) is 8.02. The fourth-order valence-corrected chi connectivity index (χ4v) is 4.22. The molecule has 1 aliphatic rings. The minimum Gasteiger partial charge on any atom is -0.497 e. The Hall–Kier alpha value is -1.85. The van der Waals surface area contributed by atoms with Crippen molar-refractivity contribution >= 4 is 29.3 Å². The maximum absolute atomic E-state index is 12.6. The van der Waals surface area contributed by atoms with Gasteiger partial charge in [-0.25, -0.2) is 0 Å². The fraction of sp³-hybridized carbons (Fsp3) is 0.316. The van der Waals surface area contributed by atoms with Crippen molar-refractivity contribution < 1.29 is 14.3 Å². The van der Waals surface area contributed by atoms with Crippen LogP contribution in [0, 0.1) is 0 Å². The van der Waals surface area contributed by atoms with Gasteiger partial charge in [-0.15, -0.1) is 11.8 Å². The third-order valence-corrected chi connectivity index (χ3v) is 5.55. The normalized spacial score (nSPS) is 16.0. The van der Waals surface area contributed by atoms with Crippen molar-refractivity contribution in [3.63, 3.8) is 0 Å². The first-order valence-electron chi connectivity index (χ1n) is 8.03. The average Bonchev–Trinajstić information content (AvgIpc) is 2.62. The quantitative estimate of drug-likeness (QED) is 0.846. The Balaban J connectivity index is 1.73. The number of thioether (sulfide) groups is 1. The number of rotatable bonds is 5. The molecule has 1 N–H and O–H groups in total. The van der Waals surface area contributed by atoms with Crippen molar-refractivity contribution in [3.8, 4) is 11.5 Å². The molecular formula is C19H20ClNO3S. The molecule has 1 heterocycles. The van der Waals surface area contributed by atoms with Gasteiger partial charge < -0.3 is 14.8 Å². The number of carbonyl (C=O) groups excluding carboxylic acids is 1. The summed E-state index contributed by atoms with van der Waals surface area (Å²) in [5, 5.41) is 3.82. The molecule has 25 heavy (non-hydrogen) atoms. The van der Waals surface area contributed by atoms with Crippen molar-refractivity contribution in [2.75, 3.05) is 20.0 Å². The summed E-state index contributed by atoms with van der Waals surface area (Å²) in [4.78, 5) is 13.7. The zero-order chi connectivity index (χ0) is 17.8. The van der Waals surface area contributed by atoms with E-state index in [2.05, 4.69) is 5.32 Å². The summed E-state index contributed by atoms with van der Waals surface area (Å²) < 4.78 is 10.6. The number of halogens is 1. The number of hydrogen-bond acceptors (Lipinski definition) is 4. The number of nitrogens with one attached hydrogen (secondary N) is 1. The Kier molecular flexibility index (Phi) is 5.76. The summed E-state index contributed by atoms with van der Waals surface area (Å²) >= 11 is 7.92. The molecule has 1 aliphatic heterocycles. The first-order valence-corrected chi connectivity index (χ1v) is 9.39. The van der Waals surface area contributed by atoms with Gasteiger partial charge in [0.05, 0.1) is 26.7 Å². The summed E-state index contributed by atoms with van der Waals surface area (Å²) in [6.07, 6.45) is 1.15. The molecule has 0 saturated heterocycles. The van der Waals surface area contributed by atoms with Gasteiger partial charge in [-0.2, -0.15) is 0 Å². The molecule has 6 heteroatoms. The number of amides is 1. The number of ether oxygens (including phenoxy) is 2. The van der Waals surface area contributed by atoms with Gasteiger partial charge >= 0.3 is 0 Å². The molecule has 1 atom stereocenters. The third-order valence-electron chi connectivity index (χ3n) is 4.19. The van der Waals surface area contributed by atoms with E-state index in [0.29, 0.717) is 16.5 Å². The van der Waals surface area contributed by atoms with Gasteiger partial charge in [0, 0.05) is 27.3 Å². The van der Waals surface area contributed by atoms with Gasteiger partial charge in [0.1, 0.15) is 11.5 Å². The Bertz CT molecular complexity index is 781. The van der Waals surface area contributed by atoms with Gasteiger partial charge in [-0.3, -0.25) is 4.79 Å². The zero-order valence-electron chi connectivity index (χ0n) is 14.2. The molecule has 0 unspecified atom stereocenters. The molecule has 2 aromatic rings. The van der Waals surface area contributed by atoms with E-state index >= 15 is 0 Å². The topological polar surface area (TPSA) is 47.6 Å². The molecule has 0 spiro atoms. The van der Waals surface area contributed by atoms with E-state index in [1.54, 1.807) is 32.0 Å². The van der Waals surface area contributed by atoms with Crippen LogP contribution in [-0.4, -0.2) is 25.9 Å². The summed E-state index contributed by atoms with van der Waals surface area (Å²) in [5.74, 6) is 2.29. The van der Waals surface area contributed by atoms with E-state index in [0.717, 1.165) is 23.3 Å². The van der Waals surface area contributed by atoms with Crippen molar-refractivity contribution in [1.82, 2.24) is 5.32 Å². The van der Waals surface area contributed by atoms with Gasteiger partial charge in [-0.05, 0) is 36.2 Å². The van der Waals surface area contributed by atoms with Crippen molar-refractivity contribution in [1.29, 1.82) is 0 Å². The first-order chi connectivity index (χ1) is 12.1. The summed E-state index contributed by atoms with van der Waals surface area (Å²) in [6.45, 7) is 0. The van der Waals surface area contributed by atoms with Crippen LogP contribution in [0.15, 0.2) is 41.3 Å². The van der Waals surface area contributed by atoms with Gasteiger partial charge in [0.25, 0.3) is 0 Å². The predicted octanol–water partition coefficient (Wildman–Crippen LogP) is 4.25. The second-order valence-corrected chi connectivity index (χ2v) is 7.37. The molecule has 3 rings (SSSR count). The van der Waals surface area contributed by atoms with E-state index in [-0.39, 0.29) is 18.4 Å². The molecule has 4 nitrogen and oxygen atoms in total. The number of hydrogen-bond donors (Lipinski definition) is 1. The number of carbonyl (C=O) groups is 1. The lowest BCUT2D eigenvalue weighted by Gasteiger charge is -2.26. The largest absolute Gasteiger partial charge is 0.497 e. The van der Waals surface area contributed by atoms with Crippen LogP contribution in [-0.2, 0) is 11.2 Å². The van der Waals surface area contributed by atoms with E-state index in [1.165, 1.54) is 4.90 Å². The Morgan fingerprint density at radius 1 is 1.24 bits per heavy atom. The molecule has 0 saturated carbocycles. The molecule has 2 aromatic carbocycles.